The number of likely N-dealkylation sites (tertiary alicyclic amines) is 1. The zero-order valence-electron chi connectivity index (χ0n) is 17.2. The Balaban J connectivity index is 2.11. The molecule has 168 valence electrons. The number of hydrogen-bond acceptors (Lipinski definition) is 6. The van der Waals surface area contributed by atoms with Gasteiger partial charge in [-0.3, -0.25) is 19.2 Å². The number of amides is 3. The van der Waals surface area contributed by atoms with Crippen LogP contribution in [-0.4, -0.2) is 82.0 Å². The van der Waals surface area contributed by atoms with Gasteiger partial charge in [0.05, 0.1) is 12.5 Å². The highest BCUT2D eigenvalue weighted by atomic mass is 16.4. The minimum absolute atomic E-state index is 0.180. The summed E-state index contributed by atoms with van der Waals surface area (Å²) < 4.78 is 0. The molecular weight excluding hydrogens is 396 g/mol. The monoisotopic (exact) mass is 426 g/mol. The Morgan fingerprint density at radius 2 is 1.77 bits per heavy atom. The third kappa shape index (κ3) is 5.91. The molecule has 11 nitrogen and oxygen atoms in total. The van der Waals surface area contributed by atoms with E-state index in [-0.39, 0.29) is 24.8 Å². The molecule has 0 aliphatic carbocycles. The Morgan fingerprint density at radius 3 is 2.30 bits per heavy atom. The largest absolute Gasteiger partial charge is 0.481 e. The zero-order valence-corrected chi connectivity index (χ0v) is 17.2. The first-order valence-corrected chi connectivity index (χ1v) is 10.2. The number of carbonyl (C=O) groups excluding carboxylic acids is 3. The molecule has 3 amide bonds. The summed E-state index contributed by atoms with van der Waals surface area (Å²) >= 11 is 0. The van der Waals surface area contributed by atoms with Gasteiger partial charge in [-0.25, -0.2) is 4.79 Å². The van der Waals surface area contributed by atoms with E-state index in [2.05, 4.69) is 16.0 Å². The van der Waals surface area contributed by atoms with Gasteiger partial charge in [-0.1, -0.05) is 13.8 Å². The fraction of sp³-hybridized carbons (Fsp3) is 0.737. The Morgan fingerprint density at radius 1 is 1.07 bits per heavy atom. The fourth-order valence-corrected chi connectivity index (χ4v) is 3.82. The van der Waals surface area contributed by atoms with Gasteiger partial charge in [0, 0.05) is 6.54 Å². The minimum atomic E-state index is -1.42. The first-order valence-electron chi connectivity index (χ1n) is 10.2. The van der Waals surface area contributed by atoms with Crippen molar-refractivity contribution in [1.82, 2.24) is 20.9 Å². The lowest BCUT2D eigenvalue weighted by Crippen LogP contribution is -2.58. The molecule has 0 radical (unpaired) electrons. The molecular formula is C19H30N4O7. The predicted octanol–water partition coefficient (Wildman–Crippen LogP) is -1.09. The van der Waals surface area contributed by atoms with E-state index in [9.17, 15) is 34.2 Å². The van der Waals surface area contributed by atoms with E-state index in [1.807, 2.05) is 0 Å². The maximum atomic E-state index is 12.8. The Bertz CT molecular complexity index is 690. The lowest BCUT2D eigenvalue weighted by atomic mass is 10.0. The fourth-order valence-electron chi connectivity index (χ4n) is 3.82. The molecule has 0 bridgehead atoms. The van der Waals surface area contributed by atoms with Crippen molar-refractivity contribution in [2.75, 3.05) is 13.1 Å². The SMILES string of the molecule is CC(C)C(NC(=O)C1CCCN1)C(=O)NC(CC(=O)O)C(=O)N1CCCC1C(=O)O. The smallest absolute Gasteiger partial charge is 0.326 e. The molecule has 4 unspecified atom stereocenters. The molecule has 11 heteroatoms. The zero-order chi connectivity index (χ0) is 22.4. The lowest BCUT2D eigenvalue weighted by Gasteiger charge is -2.29. The number of nitrogens with one attached hydrogen (secondary N) is 3. The van der Waals surface area contributed by atoms with Crippen LogP contribution in [0.5, 0.6) is 0 Å². The quantitative estimate of drug-likeness (QED) is 0.310. The maximum absolute atomic E-state index is 12.8. The van der Waals surface area contributed by atoms with E-state index in [0.29, 0.717) is 19.4 Å². The number of aliphatic carboxylic acids is 2. The van der Waals surface area contributed by atoms with Gasteiger partial charge >= 0.3 is 11.9 Å². The summed E-state index contributed by atoms with van der Waals surface area (Å²) in [4.78, 5) is 61.8. The predicted molar refractivity (Wildman–Crippen MR) is 104 cm³/mol. The third-order valence-corrected chi connectivity index (χ3v) is 5.44. The summed E-state index contributed by atoms with van der Waals surface area (Å²) in [7, 11) is 0. The van der Waals surface area contributed by atoms with E-state index in [4.69, 9.17) is 0 Å². The van der Waals surface area contributed by atoms with Gasteiger partial charge in [-0.15, -0.1) is 0 Å². The van der Waals surface area contributed by atoms with Crippen LogP contribution in [0.25, 0.3) is 0 Å². The van der Waals surface area contributed by atoms with Gasteiger partial charge in [0.25, 0.3) is 0 Å². The molecule has 2 rings (SSSR count). The average molecular weight is 426 g/mol. The minimum Gasteiger partial charge on any atom is -0.481 e. The Hall–Kier alpha value is -2.69. The van der Waals surface area contributed by atoms with Gasteiger partial charge in [0.15, 0.2) is 0 Å². The molecule has 2 heterocycles. The second-order valence-corrected chi connectivity index (χ2v) is 8.07. The highest BCUT2D eigenvalue weighted by Crippen LogP contribution is 2.19. The van der Waals surface area contributed by atoms with Crippen molar-refractivity contribution in [3.8, 4) is 0 Å². The molecule has 4 atom stereocenters. The molecule has 0 aromatic carbocycles. The van der Waals surface area contributed by atoms with Crippen LogP contribution in [0.3, 0.4) is 0 Å². The van der Waals surface area contributed by atoms with Crippen LogP contribution in [0.2, 0.25) is 0 Å². The second kappa shape index (κ2) is 10.4. The van der Waals surface area contributed by atoms with E-state index in [0.717, 1.165) is 11.3 Å². The molecule has 5 N–H and O–H groups in total. The summed E-state index contributed by atoms with van der Waals surface area (Å²) in [6.07, 6.45) is 1.58. The number of rotatable bonds is 9. The molecule has 30 heavy (non-hydrogen) atoms. The number of carboxylic acids is 2. The number of nitrogens with zero attached hydrogens (tertiary/aromatic N) is 1. The van der Waals surface area contributed by atoms with Crippen molar-refractivity contribution in [2.24, 2.45) is 5.92 Å². The average Bonchev–Trinajstić information content (AvgIpc) is 3.35. The summed E-state index contributed by atoms with van der Waals surface area (Å²) in [5.41, 5.74) is 0. The molecule has 0 aromatic rings. The van der Waals surface area contributed by atoms with Crippen LogP contribution in [0.4, 0.5) is 0 Å². The van der Waals surface area contributed by atoms with Crippen molar-refractivity contribution in [2.45, 2.75) is 70.1 Å². The van der Waals surface area contributed by atoms with Gasteiger partial charge < -0.3 is 31.1 Å². The van der Waals surface area contributed by atoms with Gasteiger partial charge in [-0.05, 0) is 38.1 Å². The highest BCUT2D eigenvalue weighted by molar-refractivity contribution is 5.96. The van der Waals surface area contributed by atoms with Gasteiger partial charge in [-0.2, -0.15) is 0 Å². The summed E-state index contributed by atoms with van der Waals surface area (Å²) in [5.74, 6) is -4.54. The number of carboxylic acid groups (broad SMARTS) is 2. The first kappa shape index (κ1) is 23.6. The maximum Gasteiger partial charge on any atom is 0.326 e. The topological polar surface area (TPSA) is 165 Å². The van der Waals surface area contributed by atoms with Crippen LogP contribution in [0, 0.1) is 5.92 Å². The molecule has 2 aliphatic heterocycles. The van der Waals surface area contributed by atoms with E-state index in [1.54, 1.807) is 13.8 Å². The molecule has 0 saturated carbocycles. The van der Waals surface area contributed by atoms with Crippen LogP contribution in [0.1, 0.15) is 46.0 Å². The van der Waals surface area contributed by atoms with Crippen LogP contribution >= 0.6 is 0 Å². The first-order chi connectivity index (χ1) is 14.1. The van der Waals surface area contributed by atoms with E-state index in [1.165, 1.54) is 0 Å². The van der Waals surface area contributed by atoms with Crippen LogP contribution in [0.15, 0.2) is 0 Å². The van der Waals surface area contributed by atoms with Crippen molar-refractivity contribution in [3.63, 3.8) is 0 Å². The standard InChI is InChI=1S/C19H30N4O7/c1-10(2)15(22-16(26)11-5-3-7-20-11)17(27)21-12(9-14(24)25)18(28)23-8-4-6-13(23)19(29)30/h10-13,15,20H,3-9H2,1-2H3,(H,21,27)(H,22,26)(H,24,25)(H,29,30). The van der Waals surface area contributed by atoms with Crippen molar-refractivity contribution in [1.29, 1.82) is 0 Å². The highest BCUT2D eigenvalue weighted by Gasteiger charge is 2.39. The molecule has 2 aliphatic rings. The Labute approximate surface area is 174 Å². The summed E-state index contributed by atoms with van der Waals surface area (Å²) in [5, 5.41) is 26.6. The Kier molecular flexibility index (Phi) is 8.16. The number of hydrogen-bond donors (Lipinski definition) is 5. The van der Waals surface area contributed by atoms with Gasteiger partial charge in [0.1, 0.15) is 18.1 Å². The molecule has 0 spiro atoms. The van der Waals surface area contributed by atoms with Crippen molar-refractivity contribution in [3.05, 3.63) is 0 Å². The summed E-state index contributed by atoms with van der Waals surface area (Å²) in [6.45, 7) is 4.34. The van der Waals surface area contributed by atoms with E-state index < -0.39 is 54.3 Å². The number of carbonyl (C=O) groups is 5. The van der Waals surface area contributed by atoms with Crippen LogP contribution < -0.4 is 16.0 Å². The molecule has 2 fully saturated rings. The third-order valence-electron chi connectivity index (χ3n) is 5.44. The van der Waals surface area contributed by atoms with Crippen LogP contribution in [-0.2, 0) is 24.0 Å². The molecule has 2 saturated heterocycles. The molecule has 0 aromatic heterocycles. The lowest BCUT2D eigenvalue weighted by molar-refractivity contribution is -0.150. The second-order valence-electron chi connectivity index (χ2n) is 8.07. The normalized spacial score (nSPS) is 23.1. The van der Waals surface area contributed by atoms with Gasteiger partial charge in [0.2, 0.25) is 17.7 Å². The van der Waals surface area contributed by atoms with Crippen molar-refractivity contribution < 1.29 is 34.2 Å². The summed E-state index contributed by atoms with van der Waals surface area (Å²) in [6, 6.07) is -3.81. The van der Waals surface area contributed by atoms with E-state index >= 15 is 0 Å². The van der Waals surface area contributed by atoms with Crippen molar-refractivity contribution >= 4 is 29.7 Å².